The number of hydrogen-bond acceptors (Lipinski definition) is 3. The lowest BCUT2D eigenvalue weighted by Gasteiger charge is -2.17. The number of ether oxygens (including phenoxy) is 1. The maximum absolute atomic E-state index is 11.6. The van der Waals surface area contributed by atoms with Gasteiger partial charge in [-0.2, -0.15) is 0 Å². The zero-order chi connectivity index (χ0) is 11.1. The van der Waals surface area contributed by atoms with Crippen LogP contribution in [-0.4, -0.2) is 24.3 Å². The predicted octanol–water partition coefficient (Wildman–Crippen LogP) is 1.98. The minimum Gasteiger partial charge on any atom is -0.368 e. The largest absolute Gasteiger partial charge is 0.368 e. The molecule has 0 aromatic carbocycles. The first-order valence-corrected chi connectivity index (χ1v) is 5.26. The molecule has 3 nitrogen and oxygen atoms in total. The summed E-state index contributed by atoms with van der Waals surface area (Å²) in [6, 6.07) is 0. The molecule has 1 N–H and O–H groups in total. The SMILES string of the molecule is CCC(C)C(C)C(=O)CCC(O)OC. The van der Waals surface area contributed by atoms with Crippen molar-refractivity contribution in [2.75, 3.05) is 7.11 Å². The Hall–Kier alpha value is -0.410. The van der Waals surface area contributed by atoms with Gasteiger partial charge in [-0.3, -0.25) is 4.79 Å². The molecular weight excluding hydrogens is 180 g/mol. The van der Waals surface area contributed by atoms with Crippen molar-refractivity contribution in [3.63, 3.8) is 0 Å². The number of methoxy groups -OCH3 is 1. The highest BCUT2D eigenvalue weighted by Crippen LogP contribution is 2.18. The second-order valence-corrected chi connectivity index (χ2v) is 3.87. The number of Topliss-reactive ketones (excluding diaryl/α,β-unsaturated/α-hetero) is 1. The van der Waals surface area contributed by atoms with Crippen molar-refractivity contribution in [2.45, 2.75) is 46.3 Å². The molecule has 0 aliphatic carbocycles. The summed E-state index contributed by atoms with van der Waals surface area (Å²) >= 11 is 0. The Morgan fingerprint density at radius 3 is 2.43 bits per heavy atom. The molecule has 0 aliphatic rings. The Labute approximate surface area is 86.5 Å². The minimum atomic E-state index is -0.803. The molecule has 0 saturated carbocycles. The molecule has 0 heterocycles. The first kappa shape index (κ1) is 13.6. The summed E-state index contributed by atoms with van der Waals surface area (Å²) in [6.45, 7) is 6.11. The van der Waals surface area contributed by atoms with Gasteiger partial charge in [0.1, 0.15) is 5.78 Å². The zero-order valence-electron chi connectivity index (χ0n) is 9.62. The molecule has 3 heteroatoms. The zero-order valence-corrected chi connectivity index (χ0v) is 9.62. The summed E-state index contributed by atoms with van der Waals surface area (Å²) in [7, 11) is 1.44. The Bertz CT molecular complexity index is 168. The van der Waals surface area contributed by atoms with Crippen LogP contribution in [0.25, 0.3) is 0 Å². The molecule has 84 valence electrons. The molecule has 0 saturated heterocycles. The van der Waals surface area contributed by atoms with Crippen LogP contribution in [-0.2, 0) is 9.53 Å². The lowest BCUT2D eigenvalue weighted by atomic mass is 9.88. The average molecular weight is 202 g/mol. The third kappa shape index (κ3) is 4.72. The summed E-state index contributed by atoms with van der Waals surface area (Å²) < 4.78 is 4.67. The molecule has 3 unspecified atom stereocenters. The van der Waals surface area contributed by atoms with Crippen LogP contribution in [0.5, 0.6) is 0 Å². The van der Waals surface area contributed by atoms with Gasteiger partial charge in [0, 0.05) is 25.9 Å². The topological polar surface area (TPSA) is 46.5 Å². The number of ketones is 1. The normalized spacial score (nSPS) is 17.5. The standard InChI is InChI=1S/C11H22O3/c1-5-8(2)9(3)10(12)6-7-11(13)14-4/h8-9,11,13H,5-7H2,1-4H3. The summed E-state index contributed by atoms with van der Waals surface area (Å²) in [6.07, 6.45) is 1.01. The number of carbonyl (C=O) groups is 1. The van der Waals surface area contributed by atoms with Crippen LogP contribution < -0.4 is 0 Å². The molecule has 0 rings (SSSR count). The maximum atomic E-state index is 11.6. The van der Waals surface area contributed by atoms with Gasteiger partial charge in [-0.15, -0.1) is 0 Å². The van der Waals surface area contributed by atoms with Gasteiger partial charge in [-0.25, -0.2) is 0 Å². The van der Waals surface area contributed by atoms with Crippen molar-refractivity contribution < 1.29 is 14.6 Å². The number of aliphatic hydroxyl groups is 1. The van der Waals surface area contributed by atoms with Crippen LogP contribution in [0.4, 0.5) is 0 Å². The van der Waals surface area contributed by atoms with Crippen molar-refractivity contribution >= 4 is 5.78 Å². The second-order valence-electron chi connectivity index (χ2n) is 3.87. The Kier molecular flexibility index (Phi) is 6.75. The molecule has 0 aromatic heterocycles. The third-order valence-corrected chi connectivity index (χ3v) is 2.92. The monoisotopic (exact) mass is 202 g/mol. The molecule has 0 spiro atoms. The molecular formula is C11H22O3. The second kappa shape index (κ2) is 6.96. The van der Waals surface area contributed by atoms with Crippen molar-refractivity contribution in [1.82, 2.24) is 0 Å². The van der Waals surface area contributed by atoms with E-state index in [1.807, 2.05) is 6.92 Å². The summed E-state index contributed by atoms with van der Waals surface area (Å²) in [5.74, 6) is 0.724. The fraction of sp³-hybridized carbons (Fsp3) is 0.909. The summed E-state index contributed by atoms with van der Waals surface area (Å²) in [5.41, 5.74) is 0. The maximum Gasteiger partial charge on any atom is 0.154 e. The summed E-state index contributed by atoms with van der Waals surface area (Å²) in [5, 5.41) is 9.11. The highest BCUT2D eigenvalue weighted by molar-refractivity contribution is 5.80. The Morgan fingerprint density at radius 1 is 1.43 bits per heavy atom. The molecule has 14 heavy (non-hydrogen) atoms. The molecule has 3 atom stereocenters. The van der Waals surface area contributed by atoms with E-state index in [4.69, 9.17) is 5.11 Å². The van der Waals surface area contributed by atoms with Gasteiger partial charge < -0.3 is 9.84 Å². The first-order valence-electron chi connectivity index (χ1n) is 5.26. The van der Waals surface area contributed by atoms with Crippen LogP contribution in [0, 0.1) is 11.8 Å². The molecule has 0 bridgehead atoms. The van der Waals surface area contributed by atoms with E-state index >= 15 is 0 Å². The molecule has 0 radical (unpaired) electrons. The third-order valence-electron chi connectivity index (χ3n) is 2.92. The number of rotatable bonds is 7. The van der Waals surface area contributed by atoms with Crippen molar-refractivity contribution in [3.8, 4) is 0 Å². The number of aliphatic hydroxyl groups excluding tert-OH is 1. The van der Waals surface area contributed by atoms with E-state index in [0.717, 1.165) is 6.42 Å². The van der Waals surface area contributed by atoms with Crippen LogP contribution in [0.15, 0.2) is 0 Å². The van der Waals surface area contributed by atoms with E-state index in [0.29, 0.717) is 18.8 Å². The molecule has 0 aromatic rings. The molecule has 0 aliphatic heterocycles. The van der Waals surface area contributed by atoms with Crippen LogP contribution >= 0.6 is 0 Å². The lowest BCUT2D eigenvalue weighted by molar-refractivity contribution is -0.127. The van der Waals surface area contributed by atoms with Gasteiger partial charge in [-0.05, 0) is 5.92 Å². The van der Waals surface area contributed by atoms with E-state index in [2.05, 4.69) is 18.6 Å². The van der Waals surface area contributed by atoms with Gasteiger partial charge in [0.15, 0.2) is 6.29 Å². The predicted molar refractivity (Wildman–Crippen MR) is 55.9 cm³/mol. The summed E-state index contributed by atoms with van der Waals surface area (Å²) in [4.78, 5) is 11.6. The van der Waals surface area contributed by atoms with E-state index in [1.165, 1.54) is 7.11 Å². The van der Waals surface area contributed by atoms with E-state index in [-0.39, 0.29) is 11.7 Å². The van der Waals surface area contributed by atoms with E-state index in [1.54, 1.807) is 0 Å². The van der Waals surface area contributed by atoms with Crippen molar-refractivity contribution in [2.24, 2.45) is 11.8 Å². The molecule has 0 amide bonds. The van der Waals surface area contributed by atoms with Crippen molar-refractivity contribution in [3.05, 3.63) is 0 Å². The smallest absolute Gasteiger partial charge is 0.154 e. The van der Waals surface area contributed by atoms with Crippen LogP contribution in [0.2, 0.25) is 0 Å². The van der Waals surface area contributed by atoms with E-state index in [9.17, 15) is 4.79 Å². The van der Waals surface area contributed by atoms with Crippen LogP contribution in [0.1, 0.15) is 40.0 Å². The number of hydrogen-bond donors (Lipinski definition) is 1. The van der Waals surface area contributed by atoms with Gasteiger partial charge in [0.2, 0.25) is 0 Å². The fourth-order valence-electron chi connectivity index (χ4n) is 1.28. The highest BCUT2D eigenvalue weighted by atomic mass is 16.6. The quantitative estimate of drug-likeness (QED) is 0.642. The van der Waals surface area contributed by atoms with Gasteiger partial charge in [0.05, 0.1) is 0 Å². The van der Waals surface area contributed by atoms with Gasteiger partial charge >= 0.3 is 0 Å². The highest BCUT2D eigenvalue weighted by Gasteiger charge is 2.19. The molecule has 0 fully saturated rings. The van der Waals surface area contributed by atoms with Gasteiger partial charge in [-0.1, -0.05) is 27.2 Å². The average Bonchev–Trinajstić information content (AvgIpc) is 2.22. The Balaban J connectivity index is 3.84. The lowest BCUT2D eigenvalue weighted by Crippen LogP contribution is -2.20. The first-order chi connectivity index (χ1) is 6.52. The Morgan fingerprint density at radius 2 is 2.00 bits per heavy atom. The van der Waals surface area contributed by atoms with E-state index < -0.39 is 6.29 Å². The fourth-order valence-corrected chi connectivity index (χ4v) is 1.28. The van der Waals surface area contributed by atoms with Crippen LogP contribution in [0.3, 0.4) is 0 Å². The van der Waals surface area contributed by atoms with Crippen molar-refractivity contribution in [1.29, 1.82) is 0 Å². The van der Waals surface area contributed by atoms with Gasteiger partial charge in [0.25, 0.3) is 0 Å². The number of carbonyl (C=O) groups excluding carboxylic acids is 1. The minimum absolute atomic E-state index is 0.0871.